The molecule has 0 saturated carbocycles. The molecule has 8 nitrogen and oxygen atoms in total. The molecule has 1 aromatic heterocycles. The second kappa shape index (κ2) is 8.82. The zero-order chi connectivity index (χ0) is 23.0. The van der Waals surface area contributed by atoms with E-state index >= 15 is 0 Å². The summed E-state index contributed by atoms with van der Waals surface area (Å²) in [5.41, 5.74) is 4.88. The van der Waals surface area contributed by atoms with Crippen LogP contribution in [0.2, 0.25) is 0 Å². The molecule has 2 aliphatic heterocycles. The lowest BCUT2D eigenvalue weighted by atomic mass is 10.0. The Balaban J connectivity index is 1.76. The molecule has 1 amide bonds. The SMILES string of the molecule is COCCn1c(C)cc(C=C2C(=O)N(C)c3ccc(S(=O)(=O)N4CCOCC4)cc32)c1C. The summed E-state index contributed by atoms with van der Waals surface area (Å²) in [6.45, 7) is 6.78. The number of anilines is 1. The number of carbonyl (C=O) groups excluding carboxylic acids is 1. The van der Waals surface area contributed by atoms with E-state index in [9.17, 15) is 13.2 Å². The number of likely N-dealkylation sites (N-methyl/N-ethyl adjacent to an activating group) is 1. The Bertz CT molecular complexity index is 1180. The van der Waals surface area contributed by atoms with Gasteiger partial charge in [0.2, 0.25) is 10.0 Å². The second-order valence-electron chi connectivity index (χ2n) is 8.09. The Morgan fingerprint density at radius 3 is 2.56 bits per heavy atom. The third-order valence-electron chi connectivity index (χ3n) is 6.19. The first-order valence-corrected chi connectivity index (χ1v) is 12.1. The van der Waals surface area contributed by atoms with Crippen LogP contribution in [0.25, 0.3) is 11.6 Å². The summed E-state index contributed by atoms with van der Waals surface area (Å²) >= 11 is 0. The third-order valence-corrected chi connectivity index (χ3v) is 8.09. The summed E-state index contributed by atoms with van der Waals surface area (Å²) in [6.07, 6.45) is 1.86. The van der Waals surface area contributed by atoms with E-state index in [1.54, 1.807) is 37.3 Å². The van der Waals surface area contributed by atoms with E-state index in [1.807, 2.05) is 26.0 Å². The maximum absolute atomic E-state index is 13.2. The molecule has 1 aromatic carbocycles. The molecular weight excluding hydrogens is 430 g/mol. The second-order valence-corrected chi connectivity index (χ2v) is 10.0. The first kappa shape index (κ1) is 22.7. The number of rotatable bonds is 6. The van der Waals surface area contributed by atoms with E-state index in [0.717, 1.165) is 23.5 Å². The minimum absolute atomic E-state index is 0.150. The lowest BCUT2D eigenvalue weighted by molar-refractivity contribution is -0.112. The zero-order valence-electron chi connectivity index (χ0n) is 18.9. The average Bonchev–Trinajstić information content (AvgIpc) is 3.20. The summed E-state index contributed by atoms with van der Waals surface area (Å²) in [5.74, 6) is -0.150. The molecule has 1 fully saturated rings. The molecular formula is C23H29N3O5S. The predicted molar refractivity (Wildman–Crippen MR) is 123 cm³/mol. The molecule has 0 unspecified atom stereocenters. The van der Waals surface area contributed by atoms with E-state index < -0.39 is 10.0 Å². The van der Waals surface area contributed by atoms with Gasteiger partial charge in [-0.1, -0.05) is 0 Å². The van der Waals surface area contributed by atoms with Gasteiger partial charge in [0, 0.05) is 56.3 Å². The number of aromatic nitrogens is 1. The van der Waals surface area contributed by atoms with Crippen molar-refractivity contribution in [1.82, 2.24) is 8.87 Å². The Labute approximate surface area is 189 Å². The number of benzene rings is 1. The van der Waals surface area contributed by atoms with Gasteiger partial charge in [-0.15, -0.1) is 0 Å². The van der Waals surface area contributed by atoms with Gasteiger partial charge in [-0.05, 0) is 49.8 Å². The van der Waals surface area contributed by atoms with Crippen molar-refractivity contribution in [1.29, 1.82) is 0 Å². The van der Waals surface area contributed by atoms with Crippen molar-refractivity contribution in [2.75, 3.05) is 52.0 Å². The molecule has 4 rings (SSSR count). The van der Waals surface area contributed by atoms with Crippen LogP contribution in [-0.4, -0.2) is 70.3 Å². The molecule has 3 heterocycles. The minimum Gasteiger partial charge on any atom is -0.383 e. The summed E-state index contributed by atoms with van der Waals surface area (Å²) < 4.78 is 40.4. The highest BCUT2D eigenvalue weighted by Gasteiger charge is 2.33. The molecule has 2 aromatic rings. The van der Waals surface area contributed by atoms with Crippen LogP contribution in [0.4, 0.5) is 5.69 Å². The fraction of sp³-hybridized carbons (Fsp3) is 0.435. The Hall–Kier alpha value is -2.46. The monoisotopic (exact) mass is 459 g/mol. The Morgan fingerprint density at radius 1 is 1.16 bits per heavy atom. The number of amides is 1. The number of hydrogen-bond donors (Lipinski definition) is 0. The first-order chi connectivity index (χ1) is 15.3. The van der Waals surface area contributed by atoms with Gasteiger partial charge < -0.3 is 18.9 Å². The highest BCUT2D eigenvalue weighted by molar-refractivity contribution is 7.89. The van der Waals surface area contributed by atoms with Crippen molar-refractivity contribution < 1.29 is 22.7 Å². The number of aryl methyl sites for hydroxylation is 1. The van der Waals surface area contributed by atoms with Crippen LogP contribution < -0.4 is 4.90 Å². The quantitative estimate of drug-likeness (QED) is 0.619. The largest absolute Gasteiger partial charge is 0.383 e. The van der Waals surface area contributed by atoms with Crippen LogP contribution >= 0.6 is 0 Å². The number of carbonyl (C=O) groups is 1. The number of fused-ring (bicyclic) bond motifs is 1. The highest BCUT2D eigenvalue weighted by Crippen LogP contribution is 2.39. The van der Waals surface area contributed by atoms with Crippen LogP contribution in [0.3, 0.4) is 0 Å². The molecule has 32 heavy (non-hydrogen) atoms. The van der Waals surface area contributed by atoms with Crippen molar-refractivity contribution in [2.24, 2.45) is 0 Å². The third kappa shape index (κ3) is 3.90. The van der Waals surface area contributed by atoms with Crippen molar-refractivity contribution in [2.45, 2.75) is 25.3 Å². The fourth-order valence-corrected chi connectivity index (χ4v) is 5.76. The van der Waals surface area contributed by atoms with Gasteiger partial charge in [-0.25, -0.2) is 8.42 Å². The molecule has 0 atom stereocenters. The van der Waals surface area contributed by atoms with Crippen molar-refractivity contribution in [3.63, 3.8) is 0 Å². The van der Waals surface area contributed by atoms with Gasteiger partial charge in [0.15, 0.2) is 0 Å². The van der Waals surface area contributed by atoms with Crippen molar-refractivity contribution in [3.8, 4) is 0 Å². The molecule has 172 valence electrons. The summed E-state index contributed by atoms with van der Waals surface area (Å²) in [7, 11) is -0.279. The van der Waals surface area contributed by atoms with Crippen LogP contribution in [0.5, 0.6) is 0 Å². The molecule has 0 radical (unpaired) electrons. The number of nitrogens with zero attached hydrogens (tertiary/aromatic N) is 3. The Kier molecular flexibility index (Phi) is 6.26. The van der Waals surface area contributed by atoms with Gasteiger partial charge in [0.1, 0.15) is 0 Å². The van der Waals surface area contributed by atoms with Crippen LogP contribution in [0.15, 0.2) is 29.2 Å². The number of methoxy groups -OCH3 is 1. The van der Waals surface area contributed by atoms with Crippen LogP contribution in [0.1, 0.15) is 22.5 Å². The maximum Gasteiger partial charge on any atom is 0.258 e. The van der Waals surface area contributed by atoms with Crippen LogP contribution in [0, 0.1) is 13.8 Å². The van der Waals surface area contributed by atoms with E-state index in [0.29, 0.717) is 49.7 Å². The molecule has 9 heteroatoms. The Morgan fingerprint density at radius 2 is 1.88 bits per heavy atom. The van der Waals surface area contributed by atoms with Crippen LogP contribution in [-0.2, 0) is 30.8 Å². The molecule has 0 N–H and O–H groups in total. The molecule has 0 bridgehead atoms. The maximum atomic E-state index is 13.2. The normalized spacial score (nSPS) is 18.6. The van der Waals surface area contributed by atoms with Gasteiger partial charge in [0.25, 0.3) is 5.91 Å². The number of hydrogen-bond acceptors (Lipinski definition) is 5. The summed E-state index contributed by atoms with van der Waals surface area (Å²) in [6, 6.07) is 6.95. The van der Waals surface area contributed by atoms with Gasteiger partial charge in [-0.2, -0.15) is 4.31 Å². The predicted octanol–water partition coefficient (Wildman–Crippen LogP) is 2.29. The summed E-state index contributed by atoms with van der Waals surface area (Å²) in [5, 5.41) is 0. The minimum atomic E-state index is -3.66. The standard InChI is InChI=1S/C23H29N3O5S/c1-16-13-18(17(2)26(16)9-10-30-4)14-21-20-15-19(5-6-22(20)24(3)23(21)27)32(28,29)25-7-11-31-12-8-25/h5-6,13-15H,7-12H2,1-4H3. The van der Waals surface area contributed by atoms with E-state index in [-0.39, 0.29) is 10.8 Å². The smallest absolute Gasteiger partial charge is 0.258 e. The molecule has 1 saturated heterocycles. The highest BCUT2D eigenvalue weighted by atomic mass is 32.2. The summed E-state index contributed by atoms with van der Waals surface area (Å²) in [4.78, 5) is 14.8. The molecule has 2 aliphatic rings. The van der Waals surface area contributed by atoms with E-state index in [2.05, 4.69) is 4.57 Å². The molecule has 0 aliphatic carbocycles. The zero-order valence-corrected chi connectivity index (χ0v) is 19.7. The van der Waals surface area contributed by atoms with E-state index in [4.69, 9.17) is 9.47 Å². The first-order valence-electron chi connectivity index (χ1n) is 10.6. The van der Waals surface area contributed by atoms with E-state index in [1.165, 1.54) is 4.31 Å². The van der Waals surface area contributed by atoms with Gasteiger partial charge >= 0.3 is 0 Å². The lowest BCUT2D eigenvalue weighted by Gasteiger charge is -2.26. The van der Waals surface area contributed by atoms with Crippen molar-refractivity contribution >= 4 is 33.3 Å². The number of morpholine rings is 1. The van der Waals surface area contributed by atoms with Crippen molar-refractivity contribution in [3.05, 3.63) is 46.8 Å². The van der Waals surface area contributed by atoms with Gasteiger partial charge in [-0.3, -0.25) is 4.79 Å². The topological polar surface area (TPSA) is 81.1 Å². The van der Waals surface area contributed by atoms with Gasteiger partial charge in [0.05, 0.1) is 30.4 Å². The fourth-order valence-electron chi connectivity index (χ4n) is 4.32. The number of sulfonamides is 1. The lowest BCUT2D eigenvalue weighted by Crippen LogP contribution is -2.40. The molecule has 0 spiro atoms. The number of ether oxygens (including phenoxy) is 2. The average molecular weight is 460 g/mol.